The number of nitrogens with one attached hydrogen (secondary N) is 1. The molecule has 0 aromatic carbocycles. The zero-order valence-corrected chi connectivity index (χ0v) is 12.3. The number of ether oxygens (including phenoxy) is 1. The molecule has 0 saturated heterocycles. The normalized spacial score (nSPS) is 12.1. The molecule has 0 fully saturated rings. The number of hydrogen-bond acceptors (Lipinski definition) is 7. The molecule has 1 rings (SSSR count). The fourth-order valence-corrected chi connectivity index (χ4v) is 1.84. The van der Waals surface area contributed by atoms with E-state index in [-0.39, 0.29) is 28.4 Å². The van der Waals surface area contributed by atoms with Gasteiger partial charge in [-0.3, -0.25) is 10.1 Å². The highest BCUT2D eigenvalue weighted by molar-refractivity contribution is 6.28. The smallest absolute Gasteiger partial charge is 0.332 e. The number of aromatic nitrogens is 2. The Balaban J connectivity index is 3.24. The number of carbonyl (C=O) groups excluding carboxylic acids is 1. The van der Waals surface area contributed by atoms with E-state index in [1.54, 1.807) is 13.8 Å². The van der Waals surface area contributed by atoms with Gasteiger partial charge in [0.1, 0.15) is 11.7 Å². The Hall–Kier alpha value is -1.96. The highest BCUT2D eigenvalue weighted by Crippen LogP contribution is 2.28. The second-order valence-electron chi connectivity index (χ2n) is 4.42. The number of anilines is 1. The van der Waals surface area contributed by atoms with Crippen LogP contribution in [0.2, 0.25) is 5.28 Å². The molecule has 0 aliphatic carbocycles. The fraction of sp³-hybridized carbons (Fsp3) is 0.545. The quantitative estimate of drug-likeness (QED) is 0.383. The van der Waals surface area contributed by atoms with E-state index in [0.29, 0.717) is 0 Å². The van der Waals surface area contributed by atoms with Crippen LogP contribution in [0, 0.1) is 23.0 Å². The maximum atomic E-state index is 11.7. The van der Waals surface area contributed by atoms with E-state index in [1.807, 2.05) is 0 Å². The minimum absolute atomic E-state index is 0.100. The molecule has 1 atom stereocenters. The highest BCUT2D eigenvalue weighted by atomic mass is 35.5. The molecule has 0 aliphatic rings. The Bertz CT molecular complexity index is 535. The molecule has 20 heavy (non-hydrogen) atoms. The van der Waals surface area contributed by atoms with Crippen LogP contribution < -0.4 is 5.32 Å². The summed E-state index contributed by atoms with van der Waals surface area (Å²) in [6.07, 6.45) is 0. The van der Waals surface area contributed by atoms with Gasteiger partial charge in [0, 0.05) is 0 Å². The van der Waals surface area contributed by atoms with E-state index in [0.717, 1.165) is 0 Å². The predicted molar refractivity (Wildman–Crippen MR) is 72.7 cm³/mol. The highest BCUT2D eigenvalue weighted by Gasteiger charge is 2.29. The number of rotatable bonds is 5. The van der Waals surface area contributed by atoms with Gasteiger partial charge in [0.25, 0.3) is 0 Å². The molecule has 0 bridgehead atoms. The van der Waals surface area contributed by atoms with Gasteiger partial charge >= 0.3 is 11.7 Å². The topological polar surface area (TPSA) is 107 Å². The van der Waals surface area contributed by atoms with Gasteiger partial charge < -0.3 is 10.1 Å². The van der Waals surface area contributed by atoms with Crippen LogP contribution in [0.3, 0.4) is 0 Å². The number of esters is 1. The molecular weight excluding hydrogens is 288 g/mol. The molecule has 0 amide bonds. The van der Waals surface area contributed by atoms with Gasteiger partial charge in [-0.1, -0.05) is 13.8 Å². The summed E-state index contributed by atoms with van der Waals surface area (Å²) in [5, 5.41) is 13.6. The number of hydrogen-bond donors (Lipinski definition) is 1. The van der Waals surface area contributed by atoms with E-state index in [4.69, 9.17) is 11.6 Å². The molecule has 110 valence electrons. The van der Waals surface area contributed by atoms with Crippen molar-refractivity contribution in [1.29, 1.82) is 0 Å². The summed E-state index contributed by atoms with van der Waals surface area (Å²) in [5.74, 6) is -0.797. The first-order valence-electron chi connectivity index (χ1n) is 5.80. The number of nitrogens with zero attached hydrogens (tertiary/aromatic N) is 3. The summed E-state index contributed by atoms with van der Waals surface area (Å²) < 4.78 is 4.66. The molecule has 9 heteroatoms. The Morgan fingerprint density at radius 2 is 2.05 bits per heavy atom. The molecule has 1 aromatic heterocycles. The lowest BCUT2D eigenvalue weighted by Crippen LogP contribution is -2.36. The predicted octanol–water partition coefficient (Wildman–Crippen LogP) is 1.96. The van der Waals surface area contributed by atoms with E-state index in [1.165, 1.54) is 14.0 Å². The first-order valence-corrected chi connectivity index (χ1v) is 6.18. The lowest BCUT2D eigenvalue weighted by molar-refractivity contribution is -0.385. The third-order valence-electron chi connectivity index (χ3n) is 2.63. The van der Waals surface area contributed by atoms with E-state index < -0.39 is 16.9 Å². The monoisotopic (exact) mass is 302 g/mol. The van der Waals surface area contributed by atoms with Crippen LogP contribution in [0.1, 0.15) is 19.5 Å². The average molecular weight is 303 g/mol. The maximum Gasteiger partial charge on any atom is 0.332 e. The van der Waals surface area contributed by atoms with Gasteiger partial charge in [-0.05, 0) is 24.4 Å². The van der Waals surface area contributed by atoms with Gasteiger partial charge in [-0.15, -0.1) is 0 Å². The Morgan fingerprint density at radius 1 is 1.45 bits per heavy atom. The van der Waals surface area contributed by atoms with Gasteiger partial charge in [0.2, 0.25) is 11.1 Å². The minimum atomic E-state index is -0.774. The van der Waals surface area contributed by atoms with Crippen molar-refractivity contribution in [2.45, 2.75) is 26.8 Å². The Morgan fingerprint density at radius 3 is 2.50 bits per heavy atom. The first-order chi connectivity index (χ1) is 9.27. The van der Waals surface area contributed by atoms with Crippen molar-refractivity contribution in [2.24, 2.45) is 5.92 Å². The third kappa shape index (κ3) is 3.53. The minimum Gasteiger partial charge on any atom is -0.467 e. The number of halogens is 1. The first kappa shape index (κ1) is 16.1. The maximum absolute atomic E-state index is 11.7. The average Bonchev–Trinajstić information content (AvgIpc) is 2.33. The summed E-state index contributed by atoms with van der Waals surface area (Å²) in [7, 11) is 1.24. The van der Waals surface area contributed by atoms with Crippen LogP contribution in [-0.2, 0) is 9.53 Å². The van der Waals surface area contributed by atoms with Crippen molar-refractivity contribution in [3.05, 3.63) is 21.1 Å². The summed E-state index contributed by atoms with van der Waals surface area (Å²) in [5.41, 5.74) is -0.200. The van der Waals surface area contributed by atoms with Gasteiger partial charge in [-0.25, -0.2) is 9.78 Å². The van der Waals surface area contributed by atoms with Crippen LogP contribution in [0.5, 0.6) is 0 Å². The summed E-state index contributed by atoms with van der Waals surface area (Å²) in [6.45, 7) is 4.99. The lowest BCUT2D eigenvalue weighted by Gasteiger charge is -2.20. The van der Waals surface area contributed by atoms with Crippen LogP contribution in [-0.4, -0.2) is 34.0 Å². The van der Waals surface area contributed by atoms with Gasteiger partial charge in [0.15, 0.2) is 0 Å². The van der Waals surface area contributed by atoms with Crippen LogP contribution in [0.25, 0.3) is 0 Å². The van der Waals surface area contributed by atoms with E-state index >= 15 is 0 Å². The van der Waals surface area contributed by atoms with Crippen molar-refractivity contribution in [3.63, 3.8) is 0 Å². The van der Waals surface area contributed by atoms with Crippen molar-refractivity contribution >= 4 is 29.1 Å². The molecule has 1 aromatic rings. The molecule has 1 N–H and O–H groups in total. The van der Waals surface area contributed by atoms with Crippen LogP contribution in [0.15, 0.2) is 0 Å². The van der Waals surface area contributed by atoms with Gasteiger partial charge in [-0.2, -0.15) is 4.98 Å². The zero-order chi connectivity index (χ0) is 15.4. The van der Waals surface area contributed by atoms with Crippen LogP contribution >= 0.6 is 11.6 Å². The molecule has 0 spiro atoms. The summed E-state index contributed by atoms with van der Waals surface area (Å²) in [4.78, 5) is 29.6. The largest absolute Gasteiger partial charge is 0.467 e. The van der Waals surface area contributed by atoms with Crippen molar-refractivity contribution in [2.75, 3.05) is 12.4 Å². The zero-order valence-electron chi connectivity index (χ0n) is 11.5. The molecule has 8 nitrogen and oxygen atoms in total. The fourth-order valence-electron chi connectivity index (χ4n) is 1.62. The van der Waals surface area contributed by atoms with Gasteiger partial charge in [0.05, 0.1) is 12.0 Å². The van der Waals surface area contributed by atoms with Crippen molar-refractivity contribution in [1.82, 2.24) is 9.97 Å². The van der Waals surface area contributed by atoms with E-state index in [2.05, 4.69) is 20.0 Å². The number of aryl methyl sites for hydroxylation is 1. The van der Waals surface area contributed by atoms with Crippen LogP contribution in [0.4, 0.5) is 11.5 Å². The second-order valence-corrected chi connectivity index (χ2v) is 4.76. The number of carbonyl (C=O) groups is 1. The third-order valence-corrected chi connectivity index (χ3v) is 2.80. The number of nitro groups is 1. The lowest BCUT2D eigenvalue weighted by atomic mass is 10.0. The second kappa shape index (κ2) is 6.47. The summed E-state index contributed by atoms with van der Waals surface area (Å²) in [6, 6.07) is -0.774. The standard InChI is InChI=1S/C11H15ClN4O4/c1-5(2)7(10(17)20-4)14-9-8(16(18)19)6(3)13-11(12)15-9/h5,7H,1-4H3,(H,13,14,15). The molecule has 0 radical (unpaired) electrons. The summed E-state index contributed by atoms with van der Waals surface area (Å²) >= 11 is 5.70. The Kier molecular flexibility index (Phi) is 5.20. The number of methoxy groups -OCH3 is 1. The van der Waals surface area contributed by atoms with Crippen molar-refractivity contribution in [3.8, 4) is 0 Å². The van der Waals surface area contributed by atoms with E-state index in [9.17, 15) is 14.9 Å². The molecule has 1 heterocycles. The molecule has 0 aliphatic heterocycles. The molecular formula is C11H15ClN4O4. The molecule has 1 unspecified atom stereocenters. The Labute approximate surface area is 120 Å². The SMILES string of the molecule is COC(=O)C(Nc1nc(Cl)nc(C)c1[N+](=O)[O-])C(C)C. The molecule has 0 saturated carbocycles. The van der Waals surface area contributed by atoms with Crippen molar-refractivity contribution < 1.29 is 14.5 Å².